The van der Waals surface area contributed by atoms with E-state index in [4.69, 9.17) is 10.3 Å². The van der Waals surface area contributed by atoms with E-state index in [1.54, 1.807) is 0 Å². The molecule has 3 rings (SSSR count). The molecule has 0 radical (unpaired) electrons. The van der Waals surface area contributed by atoms with Crippen LogP contribution < -0.4 is 5.73 Å². The zero-order valence-electron chi connectivity index (χ0n) is 13.2. The molecule has 138 valence electrons. The van der Waals surface area contributed by atoms with Crippen LogP contribution in [0.3, 0.4) is 0 Å². The largest absolute Gasteiger partial charge is 0.435 e. The number of aromatic nitrogens is 4. The van der Waals surface area contributed by atoms with E-state index in [0.29, 0.717) is 12.8 Å². The first-order valence-electron chi connectivity index (χ1n) is 7.46. The van der Waals surface area contributed by atoms with Crippen molar-refractivity contribution in [1.29, 1.82) is 0 Å². The van der Waals surface area contributed by atoms with Crippen LogP contribution in [0.2, 0.25) is 0 Å². The van der Waals surface area contributed by atoms with Crippen molar-refractivity contribution in [3.05, 3.63) is 17.7 Å². The highest BCUT2D eigenvalue weighted by Crippen LogP contribution is 2.31. The number of rotatable bonds is 4. The summed E-state index contributed by atoms with van der Waals surface area (Å²) in [6.45, 7) is 0. The van der Waals surface area contributed by atoms with Crippen LogP contribution in [0.25, 0.3) is 11.5 Å². The number of aryl methyl sites for hydroxylation is 1. The van der Waals surface area contributed by atoms with Crippen molar-refractivity contribution in [2.45, 2.75) is 25.1 Å². The van der Waals surface area contributed by atoms with Gasteiger partial charge in [-0.05, 0) is 24.8 Å². The average molecular weight is 379 g/mol. The van der Waals surface area contributed by atoms with Crippen molar-refractivity contribution in [3.8, 4) is 11.5 Å². The normalized spacial score (nSPS) is 21.6. The molecule has 0 aliphatic carbocycles. The maximum atomic E-state index is 12.7. The summed E-state index contributed by atoms with van der Waals surface area (Å²) in [4.78, 5) is 4.03. The molecule has 1 aliphatic rings. The molecule has 0 bridgehead atoms. The van der Waals surface area contributed by atoms with Crippen LogP contribution in [0.5, 0.6) is 0 Å². The van der Waals surface area contributed by atoms with Gasteiger partial charge in [-0.15, -0.1) is 0 Å². The van der Waals surface area contributed by atoms with Gasteiger partial charge in [0.05, 0.1) is 17.5 Å². The van der Waals surface area contributed by atoms with E-state index in [2.05, 4.69) is 15.2 Å². The lowest BCUT2D eigenvalue weighted by Gasteiger charge is -2.11. The lowest BCUT2D eigenvalue weighted by atomic mass is 10.00. The van der Waals surface area contributed by atoms with E-state index in [-0.39, 0.29) is 34.8 Å². The van der Waals surface area contributed by atoms with Crippen LogP contribution >= 0.6 is 0 Å². The molecule has 1 saturated heterocycles. The predicted octanol–water partition coefficient (Wildman–Crippen LogP) is 1.31. The first-order valence-corrected chi connectivity index (χ1v) is 9.28. The summed E-state index contributed by atoms with van der Waals surface area (Å²) in [6, 6.07) is 0.138. The Morgan fingerprint density at radius 1 is 1.48 bits per heavy atom. The Morgan fingerprint density at radius 3 is 2.76 bits per heavy atom. The number of nitrogens with two attached hydrogens (primary N) is 1. The molecule has 1 aliphatic heterocycles. The van der Waals surface area contributed by atoms with Crippen LogP contribution in [0.15, 0.2) is 10.6 Å². The highest BCUT2D eigenvalue weighted by molar-refractivity contribution is 7.91. The van der Waals surface area contributed by atoms with E-state index in [1.807, 2.05) is 0 Å². The summed E-state index contributed by atoms with van der Waals surface area (Å²) in [5.41, 5.74) is 4.96. The Kier molecular flexibility index (Phi) is 4.35. The molecule has 1 fully saturated rings. The molecule has 2 aromatic heterocycles. The predicted molar refractivity (Wildman–Crippen MR) is 79.8 cm³/mol. The van der Waals surface area contributed by atoms with Crippen LogP contribution in [0.1, 0.15) is 30.5 Å². The van der Waals surface area contributed by atoms with Crippen molar-refractivity contribution >= 4 is 9.84 Å². The molecular formula is C13H16F3N5O3S. The quantitative estimate of drug-likeness (QED) is 0.851. The van der Waals surface area contributed by atoms with Crippen LogP contribution in [0, 0.1) is 5.92 Å². The highest BCUT2D eigenvalue weighted by Gasteiger charge is 2.35. The van der Waals surface area contributed by atoms with Gasteiger partial charge in [0.2, 0.25) is 11.7 Å². The maximum absolute atomic E-state index is 12.7. The smallest absolute Gasteiger partial charge is 0.337 e. The number of hydrogen-bond donors (Lipinski definition) is 1. The summed E-state index contributed by atoms with van der Waals surface area (Å²) >= 11 is 0. The van der Waals surface area contributed by atoms with Gasteiger partial charge in [0, 0.05) is 7.05 Å². The van der Waals surface area contributed by atoms with E-state index in [1.165, 1.54) is 7.05 Å². The second-order valence-corrected chi connectivity index (χ2v) is 8.33. The van der Waals surface area contributed by atoms with Gasteiger partial charge >= 0.3 is 6.18 Å². The fraction of sp³-hybridized carbons (Fsp3) is 0.615. The van der Waals surface area contributed by atoms with Crippen molar-refractivity contribution in [2.24, 2.45) is 18.7 Å². The minimum absolute atomic E-state index is 0.0398. The number of nitrogens with zero attached hydrogens (tertiary/aromatic N) is 4. The Balaban J connectivity index is 1.75. The number of halogens is 3. The third-order valence-electron chi connectivity index (χ3n) is 4.07. The minimum atomic E-state index is -4.58. The summed E-state index contributed by atoms with van der Waals surface area (Å²) < 4.78 is 67.1. The molecule has 0 amide bonds. The molecule has 0 spiro atoms. The van der Waals surface area contributed by atoms with Crippen molar-refractivity contribution in [2.75, 3.05) is 11.5 Å². The topological polar surface area (TPSA) is 117 Å². The Morgan fingerprint density at radius 2 is 2.20 bits per heavy atom. The van der Waals surface area contributed by atoms with Crippen LogP contribution in [-0.2, 0) is 23.1 Å². The maximum Gasteiger partial charge on any atom is 0.435 e. The molecule has 0 saturated carbocycles. The summed E-state index contributed by atoms with van der Waals surface area (Å²) in [5, 5.41) is 7.04. The molecule has 2 aromatic rings. The number of hydrogen-bond acceptors (Lipinski definition) is 7. The third-order valence-corrected chi connectivity index (χ3v) is 5.91. The van der Waals surface area contributed by atoms with Crippen molar-refractivity contribution in [3.63, 3.8) is 0 Å². The third kappa shape index (κ3) is 3.84. The van der Waals surface area contributed by atoms with Gasteiger partial charge in [0.25, 0.3) is 0 Å². The Labute approximate surface area is 141 Å². The first-order chi connectivity index (χ1) is 11.5. The first kappa shape index (κ1) is 17.9. The van der Waals surface area contributed by atoms with Crippen molar-refractivity contribution in [1.82, 2.24) is 19.9 Å². The molecule has 3 heterocycles. The van der Waals surface area contributed by atoms with Gasteiger partial charge in [-0.3, -0.25) is 4.68 Å². The fourth-order valence-electron chi connectivity index (χ4n) is 2.82. The fourth-order valence-corrected chi connectivity index (χ4v) is 4.70. The molecule has 2 N–H and O–H groups in total. The van der Waals surface area contributed by atoms with Crippen LogP contribution in [0.4, 0.5) is 13.2 Å². The average Bonchev–Trinajstić information content (AvgIpc) is 3.16. The van der Waals surface area contributed by atoms with Gasteiger partial charge in [-0.1, -0.05) is 5.16 Å². The molecule has 2 atom stereocenters. The van der Waals surface area contributed by atoms with Crippen LogP contribution in [-0.4, -0.2) is 39.8 Å². The molecule has 0 aromatic carbocycles. The van der Waals surface area contributed by atoms with Gasteiger partial charge in [-0.25, -0.2) is 8.42 Å². The second-order valence-electron chi connectivity index (χ2n) is 6.10. The molecular weight excluding hydrogens is 363 g/mol. The molecule has 12 heteroatoms. The minimum Gasteiger partial charge on any atom is -0.337 e. The zero-order chi connectivity index (χ0) is 18.4. The van der Waals surface area contributed by atoms with Crippen molar-refractivity contribution < 1.29 is 26.1 Å². The van der Waals surface area contributed by atoms with E-state index >= 15 is 0 Å². The lowest BCUT2D eigenvalue weighted by Crippen LogP contribution is -2.16. The standard InChI is InChI=1S/C13H16F3N5O3S/c1-21-9(5-10(19-21)13(14,15)16)11-18-12(24-20-11)8(17)4-7-2-3-25(22,23)6-7/h5,7-8H,2-4,6,17H2,1H3. The lowest BCUT2D eigenvalue weighted by molar-refractivity contribution is -0.141. The van der Waals surface area contributed by atoms with E-state index in [9.17, 15) is 21.6 Å². The molecule has 2 unspecified atom stereocenters. The highest BCUT2D eigenvalue weighted by atomic mass is 32.2. The monoisotopic (exact) mass is 379 g/mol. The van der Waals surface area contributed by atoms with Gasteiger partial charge in [-0.2, -0.15) is 23.3 Å². The number of alkyl halides is 3. The molecule has 25 heavy (non-hydrogen) atoms. The van der Waals surface area contributed by atoms with E-state index < -0.39 is 27.7 Å². The molecule has 8 nitrogen and oxygen atoms in total. The SMILES string of the molecule is Cn1nc(C(F)(F)F)cc1-c1noc(C(N)CC2CCS(=O)(=O)C2)n1. The second kappa shape index (κ2) is 6.09. The summed E-state index contributed by atoms with van der Waals surface area (Å²) in [7, 11) is -1.68. The van der Waals surface area contributed by atoms with Gasteiger partial charge < -0.3 is 10.3 Å². The Bertz CT molecular complexity index is 874. The summed E-state index contributed by atoms with van der Waals surface area (Å²) in [6.07, 6.45) is -3.71. The summed E-state index contributed by atoms with van der Waals surface area (Å²) in [5.74, 6) is 0.0977. The van der Waals surface area contributed by atoms with E-state index in [0.717, 1.165) is 10.7 Å². The zero-order valence-corrected chi connectivity index (χ0v) is 14.0. The number of sulfone groups is 1. The Hall–Kier alpha value is -1.95. The van der Waals surface area contributed by atoms with Gasteiger partial charge in [0.1, 0.15) is 5.69 Å². The van der Waals surface area contributed by atoms with Gasteiger partial charge in [0.15, 0.2) is 15.5 Å².